The van der Waals surface area contributed by atoms with Crippen LogP contribution in [0.15, 0.2) is 65.5 Å². The molecule has 0 bridgehead atoms. The summed E-state index contributed by atoms with van der Waals surface area (Å²) in [7, 11) is 1.21. The van der Waals surface area contributed by atoms with Crippen LogP contribution < -0.4 is 10.9 Å². The Kier molecular flexibility index (Phi) is 4.87. The second kappa shape index (κ2) is 7.63. The first-order valence-corrected chi connectivity index (χ1v) is 9.02. The van der Waals surface area contributed by atoms with Crippen LogP contribution in [0.3, 0.4) is 0 Å². The molecule has 0 atom stereocenters. The number of anilines is 1. The summed E-state index contributed by atoms with van der Waals surface area (Å²) in [6.45, 7) is 0.137. The molecule has 0 aliphatic heterocycles. The van der Waals surface area contributed by atoms with Gasteiger partial charge < -0.3 is 14.5 Å². The van der Waals surface area contributed by atoms with Crippen LogP contribution in [0.5, 0.6) is 0 Å². The minimum atomic E-state index is -0.747. The Hall–Kier alpha value is -3.87. The molecule has 1 aliphatic rings. The van der Waals surface area contributed by atoms with Crippen LogP contribution in [0.4, 0.5) is 10.5 Å². The van der Waals surface area contributed by atoms with Crippen molar-refractivity contribution in [2.75, 3.05) is 19.0 Å². The third kappa shape index (κ3) is 3.50. The van der Waals surface area contributed by atoms with Gasteiger partial charge in [0.25, 0.3) is 5.56 Å². The number of aromatic nitrogens is 1. The van der Waals surface area contributed by atoms with Gasteiger partial charge in [-0.3, -0.25) is 10.1 Å². The van der Waals surface area contributed by atoms with Gasteiger partial charge in [0.2, 0.25) is 0 Å². The molecule has 146 valence electrons. The number of methoxy groups -OCH3 is 1. The zero-order valence-corrected chi connectivity index (χ0v) is 15.6. The summed E-state index contributed by atoms with van der Waals surface area (Å²) in [6.07, 6.45) is -0.747. The lowest BCUT2D eigenvalue weighted by Gasteiger charge is -2.14. The van der Waals surface area contributed by atoms with Crippen LogP contribution in [-0.2, 0) is 9.47 Å². The Morgan fingerprint density at radius 1 is 0.966 bits per heavy atom. The predicted molar refractivity (Wildman–Crippen MR) is 107 cm³/mol. The van der Waals surface area contributed by atoms with E-state index in [4.69, 9.17) is 4.74 Å². The van der Waals surface area contributed by atoms with Gasteiger partial charge in [-0.2, -0.15) is 0 Å². The molecule has 0 fully saturated rings. The molecule has 1 aromatic heterocycles. The van der Waals surface area contributed by atoms with Crippen molar-refractivity contribution in [1.82, 2.24) is 4.98 Å². The van der Waals surface area contributed by atoms with E-state index in [1.165, 1.54) is 19.2 Å². The fourth-order valence-corrected chi connectivity index (χ4v) is 3.55. The van der Waals surface area contributed by atoms with Crippen molar-refractivity contribution in [3.8, 4) is 11.1 Å². The van der Waals surface area contributed by atoms with Crippen LogP contribution >= 0.6 is 0 Å². The second-order valence-electron chi connectivity index (χ2n) is 6.56. The highest BCUT2D eigenvalue weighted by molar-refractivity contribution is 5.88. The number of ether oxygens (including phenoxy) is 2. The van der Waals surface area contributed by atoms with Crippen LogP contribution in [0.25, 0.3) is 11.1 Å². The predicted octanol–water partition coefficient (Wildman–Crippen LogP) is 3.52. The molecule has 3 aromatic rings. The van der Waals surface area contributed by atoms with Gasteiger partial charge in [0, 0.05) is 5.92 Å². The number of hydrogen-bond acceptors (Lipinski definition) is 5. The Morgan fingerprint density at radius 2 is 1.59 bits per heavy atom. The average Bonchev–Trinajstić information content (AvgIpc) is 3.07. The molecule has 29 heavy (non-hydrogen) atoms. The van der Waals surface area contributed by atoms with E-state index >= 15 is 0 Å². The summed E-state index contributed by atoms with van der Waals surface area (Å²) in [5, 5.41) is 2.41. The van der Waals surface area contributed by atoms with Crippen molar-refractivity contribution in [1.29, 1.82) is 0 Å². The summed E-state index contributed by atoms with van der Waals surface area (Å²) >= 11 is 0. The van der Waals surface area contributed by atoms with Crippen LogP contribution in [-0.4, -0.2) is 30.8 Å². The largest absolute Gasteiger partial charge is 0.464 e. The standard InChI is InChI=1S/C22H18N2O5/c1-28-21(26)19-11-10-18(20(25)23-19)24-22(27)29-12-17-15-8-4-2-6-13(15)14-7-3-5-9-16(14)17/h2-11,17H,12H2,1H3,(H,23,25)(H,24,27). The average molecular weight is 390 g/mol. The van der Waals surface area contributed by atoms with E-state index in [1.54, 1.807) is 0 Å². The quantitative estimate of drug-likeness (QED) is 0.665. The second-order valence-corrected chi connectivity index (χ2v) is 6.56. The fourth-order valence-electron chi connectivity index (χ4n) is 3.55. The molecule has 7 heteroatoms. The Labute approximate surface area is 166 Å². The molecule has 0 unspecified atom stereocenters. The number of nitrogens with one attached hydrogen (secondary N) is 2. The number of benzene rings is 2. The number of esters is 1. The molecule has 0 saturated carbocycles. The van der Waals surface area contributed by atoms with E-state index in [9.17, 15) is 14.4 Å². The van der Waals surface area contributed by atoms with Gasteiger partial charge in [-0.25, -0.2) is 9.59 Å². The summed E-state index contributed by atoms with van der Waals surface area (Å²) < 4.78 is 9.95. The maximum absolute atomic E-state index is 12.2. The number of hydrogen-bond donors (Lipinski definition) is 2. The highest BCUT2D eigenvalue weighted by Gasteiger charge is 2.29. The van der Waals surface area contributed by atoms with Gasteiger partial charge in [0.15, 0.2) is 0 Å². The van der Waals surface area contributed by atoms with Gasteiger partial charge in [-0.15, -0.1) is 0 Å². The summed E-state index contributed by atoms with van der Waals surface area (Å²) in [4.78, 5) is 38.1. The molecule has 1 amide bonds. The third-order valence-electron chi connectivity index (χ3n) is 4.90. The maximum Gasteiger partial charge on any atom is 0.411 e. The van der Waals surface area contributed by atoms with E-state index < -0.39 is 17.6 Å². The molecule has 2 N–H and O–H groups in total. The van der Waals surface area contributed by atoms with Gasteiger partial charge in [-0.1, -0.05) is 48.5 Å². The first kappa shape index (κ1) is 18.5. The number of H-pyrrole nitrogens is 1. The lowest BCUT2D eigenvalue weighted by molar-refractivity contribution is 0.0593. The molecule has 1 heterocycles. The minimum absolute atomic E-state index is 0.00409. The maximum atomic E-state index is 12.2. The highest BCUT2D eigenvalue weighted by Crippen LogP contribution is 2.44. The number of carbonyl (C=O) groups is 2. The number of amides is 1. The fraction of sp³-hybridized carbons (Fsp3) is 0.136. The van der Waals surface area contributed by atoms with Crippen LogP contribution in [0.2, 0.25) is 0 Å². The lowest BCUT2D eigenvalue weighted by atomic mass is 9.98. The summed E-state index contributed by atoms with van der Waals surface area (Å²) in [6, 6.07) is 18.7. The van der Waals surface area contributed by atoms with E-state index in [-0.39, 0.29) is 23.9 Å². The summed E-state index contributed by atoms with van der Waals surface area (Å²) in [5.41, 5.74) is 3.81. The number of pyridine rings is 1. The third-order valence-corrected chi connectivity index (χ3v) is 4.90. The smallest absolute Gasteiger partial charge is 0.411 e. The molecular weight excluding hydrogens is 372 g/mol. The SMILES string of the molecule is COC(=O)c1ccc(NC(=O)OCC2c3ccccc3-c3ccccc32)c(=O)[nH]1. The first-order valence-electron chi connectivity index (χ1n) is 9.02. The van der Waals surface area contributed by atoms with Crippen LogP contribution in [0.1, 0.15) is 27.5 Å². The highest BCUT2D eigenvalue weighted by atomic mass is 16.5. The Morgan fingerprint density at radius 3 is 2.17 bits per heavy atom. The van der Waals surface area contributed by atoms with Crippen molar-refractivity contribution in [3.05, 3.63) is 87.8 Å². The van der Waals surface area contributed by atoms with Gasteiger partial charge in [0.05, 0.1) is 7.11 Å². The number of aromatic amines is 1. The Bertz CT molecular complexity index is 1110. The van der Waals surface area contributed by atoms with E-state index in [0.29, 0.717) is 0 Å². The zero-order chi connectivity index (χ0) is 20.4. The molecule has 0 saturated heterocycles. The van der Waals surface area contributed by atoms with Crippen molar-refractivity contribution in [2.45, 2.75) is 5.92 Å². The molecule has 0 spiro atoms. The molecule has 4 rings (SSSR count). The lowest BCUT2D eigenvalue weighted by Crippen LogP contribution is -2.23. The number of carbonyl (C=O) groups excluding carboxylic acids is 2. The van der Waals surface area contributed by atoms with Crippen molar-refractivity contribution in [3.63, 3.8) is 0 Å². The van der Waals surface area contributed by atoms with Gasteiger partial charge >= 0.3 is 12.1 Å². The van der Waals surface area contributed by atoms with E-state index in [1.807, 2.05) is 36.4 Å². The Balaban J connectivity index is 1.47. The van der Waals surface area contributed by atoms with Crippen molar-refractivity contribution < 1.29 is 19.1 Å². The number of rotatable bonds is 4. The van der Waals surface area contributed by atoms with Crippen molar-refractivity contribution >= 4 is 17.7 Å². The molecular formula is C22H18N2O5. The number of fused-ring (bicyclic) bond motifs is 3. The molecule has 7 nitrogen and oxygen atoms in total. The molecule has 1 aliphatic carbocycles. The van der Waals surface area contributed by atoms with E-state index in [0.717, 1.165) is 22.3 Å². The normalized spacial score (nSPS) is 12.0. The first-order chi connectivity index (χ1) is 14.1. The molecule has 2 aromatic carbocycles. The minimum Gasteiger partial charge on any atom is -0.464 e. The van der Waals surface area contributed by atoms with E-state index in [2.05, 4.69) is 27.2 Å². The van der Waals surface area contributed by atoms with Crippen LogP contribution in [0, 0.1) is 0 Å². The van der Waals surface area contributed by atoms with Gasteiger partial charge in [0.1, 0.15) is 18.0 Å². The zero-order valence-electron chi connectivity index (χ0n) is 15.6. The monoisotopic (exact) mass is 390 g/mol. The molecule has 0 radical (unpaired) electrons. The topological polar surface area (TPSA) is 97.5 Å². The van der Waals surface area contributed by atoms with Crippen molar-refractivity contribution in [2.24, 2.45) is 0 Å². The van der Waals surface area contributed by atoms with Gasteiger partial charge in [-0.05, 0) is 34.4 Å². The summed E-state index contributed by atoms with van der Waals surface area (Å²) in [5.74, 6) is -0.747.